The highest BCUT2D eigenvalue weighted by Crippen LogP contribution is 2.28. The predicted octanol–water partition coefficient (Wildman–Crippen LogP) is 5.05. The summed E-state index contributed by atoms with van der Waals surface area (Å²) in [5.41, 5.74) is 5.59. The largest absolute Gasteiger partial charge is 0.216 e. The summed E-state index contributed by atoms with van der Waals surface area (Å²) < 4.78 is 3.46. The average molecular weight is 409 g/mol. The molecule has 0 amide bonds. The molecule has 0 saturated heterocycles. The summed E-state index contributed by atoms with van der Waals surface area (Å²) in [6.45, 7) is 4.17. The van der Waals surface area contributed by atoms with Crippen molar-refractivity contribution in [2.75, 3.05) is 0 Å². The lowest BCUT2D eigenvalue weighted by molar-refractivity contribution is 0.881. The van der Waals surface area contributed by atoms with Crippen LogP contribution in [0.25, 0.3) is 33.8 Å². The molecule has 6 nitrogen and oxygen atoms in total. The van der Waals surface area contributed by atoms with Crippen LogP contribution in [0.5, 0.6) is 0 Å². The molecule has 8 heteroatoms. The summed E-state index contributed by atoms with van der Waals surface area (Å²) in [4.78, 5) is 9.23. The van der Waals surface area contributed by atoms with Crippen LogP contribution in [0.4, 0.5) is 0 Å². The van der Waals surface area contributed by atoms with Crippen LogP contribution in [0, 0.1) is 13.8 Å². The maximum atomic E-state index is 6.13. The molecular weight excluding hydrogens is 395 g/mol. The molecule has 3 heterocycles. The Morgan fingerprint density at radius 1 is 0.893 bits per heavy atom. The van der Waals surface area contributed by atoms with Gasteiger partial charge in [0.05, 0.1) is 27.3 Å². The van der Waals surface area contributed by atoms with E-state index < -0.39 is 0 Å². The highest BCUT2D eigenvalue weighted by atomic mass is 35.5. The van der Waals surface area contributed by atoms with Gasteiger partial charge in [0.2, 0.25) is 0 Å². The maximum absolute atomic E-state index is 6.13. The van der Waals surface area contributed by atoms with Gasteiger partial charge < -0.3 is 0 Å². The van der Waals surface area contributed by atoms with Crippen LogP contribution in [0.3, 0.4) is 0 Å². The number of aromatic nitrogens is 6. The molecule has 3 aromatic heterocycles. The number of halogens is 2. The number of benzene rings is 2. The van der Waals surface area contributed by atoms with Crippen molar-refractivity contribution < 1.29 is 0 Å². The smallest absolute Gasteiger partial charge is 0.182 e. The van der Waals surface area contributed by atoms with E-state index in [0.29, 0.717) is 21.5 Å². The van der Waals surface area contributed by atoms with Gasteiger partial charge >= 0.3 is 0 Å². The van der Waals surface area contributed by atoms with Gasteiger partial charge in [-0.15, -0.1) is 5.10 Å². The van der Waals surface area contributed by atoms with Crippen LogP contribution >= 0.6 is 23.2 Å². The highest BCUT2D eigenvalue weighted by Gasteiger charge is 2.15. The number of hydrogen-bond donors (Lipinski definition) is 0. The number of rotatable bonds is 2. The maximum Gasteiger partial charge on any atom is 0.182 e. The van der Waals surface area contributed by atoms with E-state index in [1.54, 1.807) is 29.2 Å². The van der Waals surface area contributed by atoms with Gasteiger partial charge in [-0.2, -0.15) is 5.10 Å². The van der Waals surface area contributed by atoms with Crippen molar-refractivity contribution in [3.05, 3.63) is 70.1 Å². The molecule has 0 aliphatic carbocycles. The monoisotopic (exact) mass is 408 g/mol. The SMILES string of the molecule is Cc1ccc(-n2ncc3c2ncn2nc(-c4ccc(Cl)c(Cl)c4)nc32)cc1C. The van der Waals surface area contributed by atoms with Gasteiger partial charge in [0, 0.05) is 5.56 Å². The van der Waals surface area contributed by atoms with Crippen LogP contribution in [0.2, 0.25) is 10.0 Å². The Labute approximate surface area is 170 Å². The molecule has 0 aliphatic rings. The van der Waals surface area contributed by atoms with Crippen LogP contribution in [0.1, 0.15) is 11.1 Å². The first-order valence-electron chi connectivity index (χ1n) is 8.63. The number of fused-ring (bicyclic) bond motifs is 3. The van der Waals surface area contributed by atoms with Crippen LogP contribution in [0.15, 0.2) is 48.9 Å². The molecule has 28 heavy (non-hydrogen) atoms. The van der Waals surface area contributed by atoms with E-state index in [2.05, 4.69) is 46.1 Å². The molecule has 0 aliphatic heterocycles. The summed E-state index contributed by atoms with van der Waals surface area (Å²) in [6, 6.07) is 11.5. The topological polar surface area (TPSA) is 60.9 Å². The van der Waals surface area contributed by atoms with Crippen molar-refractivity contribution in [2.45, 2.75) is 13.8 Å². The lowest BCUT2D eigenvalue weighted by Gasteiger charge is -2.06. The van der Waals surface area contributed by atoms with E-state index >= 15 is 0 Å². The first-order valence-corrected chi connectivity index (χ1v) is 9.39. The number of hydrogen-bond acceptors (Lipinski definition) is 4. The van der Waals surface area contributed by atoms with Gasteiger partial charge in [-0.3, -0.25) is 0 Å². The summed E-state index contributed by atoms with van der Waals surface area (Å²) in [7, 11) is 0. The zero-order valence-electron chi connectivity index (χ0n) is 15.1. The van der Waals surface area contributed by atoms with Crippen molar-refractivity contribution in [3.63, 3.8) is 0 Å². The Balaban J connectivity index is 1.68. The summed E-state index contributed by atoms with van der Waals surface area (Å²) in [5.74, 6) is 0.548. The zero-order valence-corrected chi connectivity index (χ0v) is 16.6. The minimum atomic E-state index is 0.462. The van der Waals surface area contributed by atoms with Gasteiger partial charge in [0.25, 0.3) is 0 Å². The quantitative estimate of drug-likeness (QED) is 0.409. The molecule has 2 aromatic carbocycles. The minimum absolute atomic E-state index is 0.462. The molecule has 0 atom stereocenters. The second-order valence-electron chi connectivity index (χ2n) is 6.64. The Morgan fingerprint density at radius 3 is 2.54 bits per heavy atom. The summed E-state index contributed by atoms with van der Waals surface area (Å²) >= 11 is 12.1. The Bertz CT molecular complexity index is 1370. The van der Waals surface area contributed by atoms with E-state index in [9.17, 15) is 0 Å². The van der Waals surface area contributed by atoms with E-state index in [4.69, 9.17) is 23.2 Å². The third kappa shape index (κ3) is 2.65. The second kappa shape index (κ2) is 6.29. The van der Waals surface area contributed by atoms with Crippen molar-refractivity contribution in [1.82, 2.24) is 29.4 Å². The Morgan fingerprint density at radius 2 is 1.75 bits per heavy atom. The third-order valence-electron chi connectivity index (χ3n) is 4.82. The van der Waals surface area contributed by atoms with E-state index in [1.807, 2.05) is 16.8 Å². The van der Waals surface area contributed by atoms with E-state index in [-0.39, 0.29) is 0 Å². The first kappa shape index (κ1) is 17.2. The zero-order chi connectivity index (χ0) is 19.4. The van der Waals surface area contributed by atoms with Crippen LogP contribution < -0.4 is 0 Å². The predicted molar refractivity (Wildman–Crippen MR) is 110 cm³/mol. The molecule has 0 spiro atoms. The Kier molecular flexibility index (Phi) is 3.86. The summed E-state index contributed by atoms with van der Waals surface area (Å²) in [5, 5.41) is 10.8. The molecule has 5 aromatic rings. The summed E-state index contributed by atoms with van der Waals surface area (Å²) in [6.07, 6.45) is 3.41. The van der Waals surface area contributed by atoms with Gasteiger partial charge in [0.1, 0.15) is 6.33 Å². The van der Waals surface area contributed by atoms with Crippen molar-refractivity contribution in [1.29, 1.82) is 0 Å². The minimum Gasteiger partial charge on any atom is -0.216 e. The van der Waals surface area contributed by atoms with E-state index in [0.717, 1.165) is 22.3 Å². The molecule has 0 unspecified atom stereocenters. The molecule has 0 radical (unpaired) electrons. The van der Waals surface area contributed by atoms with Gasteiger partial charge in [0.15, 0.2) is 17.1 Å². The van der Waals surface area contributed by atoms with E-state index in [1.165, 1.54) is 11.1 Å². The second-order valence-corrected chi connectivity index (χ2v) is 7.45. The fourth-order valence-electron chi connectivity index (χ4n) is 3.12. The Hall–Kier alpha value is -2.96. The van der Waals surface area contributed by atoms with Crippen molar-refractivity contribution >= 4 is 39.9 Å². The first-order chi connectivity index (χ1) is 13.5. The molecule has 0 saturated carbocycles. The van der Waals surface area contributed by atoms with Crippen molar-refractivity contribution in [3.8, 4) is 17.1 Å². The van der Waals surface area contributed by atoms with Crippen LogP contribution in [-0.4, -0.2) is 29.4 Å². The number of nitrogens with zero attached hydrogens (tertiary/aromatic N) is 6. The highest BCUT2D eigenvalue weighted by molar-refractivity contribution is 6.42. The fourth-order valence-corrected chi connectivity index (χ4v) is 3.42. The standard InChI is InChI=1S/C20H14Cl2N6/c1-11-3-5-14(7-12(11)2)28-19-15(9-24-28)20-25-18(26-27(20)10-23-19)13-4-6-16(21)17(22)8-13/h3-10H,1-2H3. The number of aryl methyl sites for hydroxylation is 2. The lowest BCUT2D eigenvalue weighted by atomic mass is 10.1. The van der Waals surface area contributed by atoms with Crippen molar-refractivity contribution in [2.24, 2.45) is 0 Å². The molecule has 0 fully saturated rings. The third-order valence-corrected chi connectivity index (χ3v) is 5.56. The lowest BCUT2D eigenvalue weighted by Crippen LogP contribution is -1.99. The normalized spacial score (nSPS) is 11.6. The van der Waals surface area contributed by atoms with Gasteiger partial charge in [-0.05, 0) is 55.3 Å². The van der Waals surface area contributed by atoms with Crippen LogP contribution in [-0.2, 0) is 0 Å². The molecule has 138 valence electrons. The molecule has 5 rings (SSSR count). The van der Waals surface area contributed by atoms with Gasteiger partial charge in [-0.25, -0.2) is 19.2 Å². The molecule has 0 N–H and O–H groups in total. The molecule has 0 bridgehead atoms. The fraction of sp³-hybridized carbons (Fsp3) is 0.100. The molecular formula is C20H14Cl2N6. The average Bonchev–Trinajstić information content (AvgIpc) is 3.30. The van der Waals surface area contributed by atoms with Gasteiger partial charge in [-0.1, -0.05) is 29.3 Å².